The summed E-state index contributed by atoms with van der Waals surface area (Å²) < 4.78 is 57.1. The van der Waals surface area contributed by atoms with E-state index in [-0.39, 0.29) is 18.1 Å². The molecule has 190 valence electrons. The van der Waals surface area contributed by atoms with Gasteiger partial charge in [-0.3, -0.25) is 14.0 Å². The number of nitrogens with two attached hydrogens (primary N) is 1. The molecule has 0 saturated carbocycles. The minimum atomic E-state index is -5.53. The van der Waals surface area contributed by atoms with E-state index >= 15 is 0 Å². The SMILES string of the molecule is CN=CN=C(N)c1ncc([C@@H]2O[C@H](COP(=O)(O)OP(=O)(O)OP(=O)(O)OC)C[C@@]2(C)C#N)[nH]1. The van der Waals surface area contributed by atoms with Gasteiger partial charge in [-0.2, -0.15) is 13.9 Å². The quantitative estimate of drug-likeness (QED) is 0.149. The highest BCUT2D eigenvalue weighted by molar-refractivity contribution is 7.66. The zero-order valence-corrected chi connectivity index (χ0v) is 20.7. The third-order valence-electron chi connectivity index (χ3n) is 4.31. The summed E-state index contributed by atoms with van der Waals surface area (Å²) in [6, 6.07) is 2.11. The lowest BCUT2D eigenvalue weighted by Gasteiger charge is -2.20. The first-order valence-electron chi connectivity index (χ1n) is 9.13. The maximum absolute atomic E-state index is 12.0. The first kappa shape index (κ1) is 28.4. The van der Waals surface area contributed by atoms with Gasteiger partial charge in [0.25, 0.3) is 0 Å². The van der Waals surface area contributed by atoms with Crippen molar-refractivity contribution < 1.29 is 50.8 Å². The molecule has 0 spiro atoms. The molecule has 0 aromatic carbocycles. The number of imidazole rings is 1. The molecule has 1 saturated heterocycles. The molecule has 6 atom stereocenters. The van der Waals surface area contributed by atoms with Crippen LogP contribution in [0.4, 0.5) is 0 Å². The summed E-state index contributed by atoms with van der Waals surface area (Å²) in [7, 11) is -13.6. The van der Waals surface area contributed by atoms with Crippen LogP contribution >= 0.6 is 23.5 Å². The van der Waals surface area contributed by atoms with E-state index in [9.17, 15) is 28.7 Å². The number of ether oxygens (including phenoxy) is 1. The number of aromatic amines is 1. The van der Waals surface area contributed by atoms with Gasteiger partial charge in [-0.1, -0.05) is 0 Å². The molecule has 2 rings (SSSR count). The first-order chi connectivity index (χ1) is 15.7. The average Bonchev–Trinajstić information content (AvgIpc) is 3.34. The largest absolute Gasteiger partial charge is 0.490 e. The molecule has 1 aliphatic rings. The van der Waals surface area contributed by atoms with Crippen LogP contribution in [0.15, 0.2) is 16.2 Å². The maximum Gasteiger partial charge on any atom is 0.490 e. The van der Waals surface area contributed by atoms with Crippen molar-refractivity contribution in [3.63, 3.8) is 0 Å². The van der Waals surface area contributed by atoms with Crippen molar-refractivity contribution in [1.82, 2.24) is 9.97 Å². The number of hydrogen-bond acceptors (Lipinski definition) is 11. The standard InChI is InChI=1S/C14H23N6O11P3/c1-14(7-15)4-9(6-28-33(23,24)31-34(25,26)30-32(21,22)27-3)29-11(14)10-5-18-13(20-10)12(16)19-8-17-2/h5,8-9,11H,4,6H2,1-3H3,(H,18,20)(H,21,22)(H,23,24)(H,25,26)(H2,16,17,19)/t9-,11-,14-/m0/s1. The Kier molecular flexibility index (Phi) is 9.09. The Morgan fingerprint density at radius 1 is 1.38 bits per heavy atom. The Bertz CT molecular complexity index is 1130. The minimum Gasteiger partial charge on any atom is -0.381 e. The van der Waals surface area contributed by atoms with Crippen LogP contribution < -0.4 is 5.73 Å². The molecular weight excluding hydrogens is 521 g/mol. The molecule has 17 nitrogen and oxygen atoms in total. The van der Waals surface area contributed by atoms with Gasteiger partial charge in [-0.15, -0.1) is 0 Å². The first-order valence-corrected chi connectivity index (χ1v) is 13.6. The Morgan fingerprint density at radius 2 is 2.03 bits per heavy atom. The van der Waals surface area contributed by atoms with Crippen LogP contribution in [0, 0.1) is 16.7 Å². The second-order valence-electron chi connectivity index (χ2n) is 6.99. The molecule has 1 aliphatic heterocycles. The molecule has 34 heavy (non-hydrogen) atoms. The van der Waals surface area contributed by atoms with Crippen LogP contribution in [0.3, 0.4) is 0 Å². The van der Waals surface area contributed by atoms with E-state index in [0.29, 0.717) is 12.8 Å². The van der Waals surface area contributed by atoms with Gasteiger partial charge in [0.1, 0.15) is 12.4 Å². The Labute approximate surface area is 193 Å². The van der Waals surface area contributed by atoms with E-state index in [2.05, 4.69) is 43.7 Å². The van der Waals surface area contributed by atoms with Gasteiger partial charge in [-0.25, -0.2) is 23.7 Å². The highest BCUT2D eigenvalue weighted by Crippen LogP contribution is 2.67. The second kappa shape index (κ2) is 10.9. The van der Waals surface area contributed by atoms with Gasteiger partial charge >= 0.3 is 23.5 Å². The molecular formula is C14H23N6O11P3. The van der Waals surface area contributed by atoms with Crippen molar-refractivity contribution >= 4 is 35.6 Å². The Morgan fingerprint density at radius 3 is 2.62 bits per heavy atom. The number of phosphoric ester groups is 2. The lowest BCUT2D eigenvalue weighted by Crippen LogP contribution is -2.20. The molecule has 0 aliphatic carbocycles. The molecule has 2 heterocycles. The van der Waals surface area contributed by atoms with Crippen LogP contribution in [0.2, 0.25) is 0 Å². The molecule has 3 unspecified atom stereocenters. The average molecular weight is 544 g/mol. The van der Waals surface area contributed by atoms with Crippen LogP contribution in [-0.4, -0.2) is 63.7 Å². The molecule has 0 radical (unpaired) electrons. The number of amidine groups is 1. The maximum atomic E-state index is 12.0. The summed E-state index contributed by atoms with van der Waals surface area (Å²) in [5.41, 5.74) is 5.02. The molecule has 1 aromatic rings. The second-order valence-corrected chi connectivity index (χ2v) is 11.7. The summed E-state index contributed by atoms with van der Waals surface area (Å²) >= 11 is 0. The van der Waals surface area contributed by atoms with Gasteiger partial charge in [0, 0.05) is 14.2 Å². The van der Waals surface area contributed by atoms with Crippen LogP contribution in [-0.2, 0) is 36.1 Å². The van der Waals surface area contributed by atoms with E-state index in [0.717, 1.165) is 0 Å². The molecule has 6 N–H and O–H groups in total. The van der Waals surface area contributed by atoms with E-state index in [4.69, 9.17) is 15.4 Å². The van der Waals surface area contributed by atoms with Gasteiger partial charge in [-0.05, 0) is 13.3 Å². The predicted molar refractivity (Wildman–Crippen MR) is 114 cm³/mol. The van der Waals surface area contributed by atoms with E-state index in [1.54, 1.807) is 6.92 Å². The third kappa shape index (κ3) is 7.61. The van der Waals surface area contributed by atoms with Crippen LogP contribution in [0.5, 0.6) is 0 Å². The highest BCUT2D eigenvalue weighted by atomic mass is 31.3. The summed E-state index contributed by atoms with van der Waals surface area (Å²) in [4.78, 5) is 42.6. The zero-order valence-electron chi connectivity index (χ0n) is 18.0. The lowest BCUT2D eigenvalue weighted by atomic mass is 9.82. The third-order valence-corrected chi connectivity index (χ3v) is 8.55. The summed E-state index contributed by atoms with van der Waals surface area (Å²) in [6.45, 7) is 0.924. The van der Waals surface area contributed by atoms with E-state index in [1.807, 2.05) is 0 Å². The fourth-order valence-corrected chi connectivity index (χ4v) is 6.16. The van der Waals surface area contributed by atoms with Gasteiger partial charge in [0.2, 0.25) is 0 Å². The molecule has 20 heteroatoms. The predicted octanol–water partition coefficient (Wildman–Crippen LogP) is 1.13. The van der Waals surface area contributed by atoms with Crippen molar-refractivity contribution in [3.05, 3.63) is 17.7 Å². The van der Waals surface area contributed by atoms with Crippen molar-refractivity contribution in [2.45, 2.75) is 25.6 Å². The number of aliphatic imine (C=N–C) groups is 2. The summed E-state index contributed by atoms with van der Waals surface area (Å²) in [6.07, 6.45) is 0.805. The molecule has 1 fully saturated rings. The number of nitrogens with zero attached hydrogens (tertiary/aromatic N) is 4. The number of nitrogens with one attached hydrogen (secondary N) is 1. The zero-order chi connectivity index (χ0) is 25.8. The van der Waals surface area contributed by atoms with E-state index in [1.165, 1.54) is 19.6 Å². The van der Waals surface area contributed by atoms with Crippen molar-refractivity contribution in [3.8, 4) is 6.07 Å². The number of hydrogen-bond donors (Lipinski definition) is 5. The van der Waals surface area contributed by atoms with Crippen LogP contribution in [0.1, 0.15) is 31.0 Å². The van der Waals surface area contributed by atoms with Gasteiger partial charge in [0.05, 0.1) is 36.1 Å². The van der Waals surface area contributed by atoms with Crippen molar-refractivity contribution in [2.24, 2.45) is 21.1 Å². The van der Waals surface area contributed by atoms with Crippen LogP contribution in [0.25, 0.3) is 0 Å². The fourth-order valence-electron chi connectivity index (χ4n) is 2.88. The van der Waals surface area contributed by atoms with Gasteiger partial charge in [0.15, 0.2) is 11.7 Å². The molecule has 0 amide bonds. The number of phosphoric acid groups is 3. The Balaban J connectivity index is 2.09. The normalized spacial score (nSPS) is 28.8. The molecule has 0 bridgehead atoms. The van der Waals surface area contributed by atoms with E-state index < -0.39 is 47.7 Å². The number of aromatic nitrogens is 2. The Hall–Kier alpha value is -1.79. The van der Waals surface area contributed by atoms with Gasteiger partial charge < -0.3 is 30.1 Å². The monoisotopic (exact) mass is 544 g/mol. The minimum absolute atomic E-state index is 0.0252. The highest BCUT2D eigenvalue weighted by Gasteiger charge is 2.49. The molecule has 1 aromatic heterocycles. The number of rotatable bonds is 11. The van der Waals surface area contributed by atoms with Crippen molar-refractivity contribution in [1.29, 1.82) is 5.26 Å². The topological polar surface area (TPSA) is 261 Å². The van der Waals surface area contributed by atoms with Crippen molar-refractivity contribution in [2.75, 3.05) is 20.8 Å². The number of H-pyrrole nitrogens is 1. The summed E-state index contributed by atoms with van der Waals surface area (Å²) in [5.74, 6) is 0.228. The summed E-state index contributed by atoms with van der Waals surface area (Å²) in [5, 5.41) is 9.67. The number of nitriles is 1. The smallest absolute Gasteiger partial charge is 0.381 e. The fraction of sp³-hybridized carbons (Fsp3) is 0.571. The lowest BCUT2D eigenvalue weighted by molar-refractivity contribution is -0.00321.